The molecule has 1 aliphatic heterocycles. The molecular weight excluding hydrogens is 234 g/mol. The van der Waals surface area contributed by atoms with Crippen LogP contribution in [0, 0.1) is 0 Å². The quantitative estimate of drug-likeness (QED) is 0.578. The normalized spacial score (nSPS) is 17.4. The Balaban J connectivity index is 0.00000169. The van der Waals surface area contributed by atoms with E-state index < -0.39 is 0 Å². The van der Waals surface area contributed by atoms with Crippen molar-refractivity contribution in [1.82, 2.24) is 5.32 Å². The average molecular weight is 254 g/mol. The maximum absolute atomic E-state index is 3.70. The minimum Gasteiger partial charge on any atom is -0.313 e. The van der Waals surface area contributed by atoms with Crippen molar-refractivity contribution >= 4 is 35.9 Å². The molecule has 0 bridgehead atoms. The highest BCUT2D eigenvalue weighted by Gasteiger charge is 2.11. The Bertz CT molecular complexity index is 138. The lowest BCUT2D eigenvalue weighted by Crippen LogP contribution is -2.34. The van der Waals surface area contributed by atoms with Crippen LogP contribution in [0.2, 0.25) is 0 Å². The summed E-state index contributed by atoms with van der Waals surface area (Å²) in [6, 6.07) is 0.797. The predicted octanol–water partition coefficient (Wildman–Crippen LogP) is 2.81. The zero-order chi connectivity index (χ0) is 9.36. The van der Waals surface area contributed by atoms with Crippen molar-refractivity contribution in [2.24, 2.45) is 0 Å². The van der Waals surface area contributed by atoms with Gasteiger partial charge in [0.15, 0.2) is 0 Å². The van der Waals surface area contributed by atoms with Gasteiger partial charge in [0.25, 0.3) is 0 Å². The van der Waals surface area contributed by atoms with E-state index in [-0.39, 0.29) is 12.4 Å². The van der Waals surface area contributed by atoms with Crippen molar-refractivity contribution in [1.29, 1.82) is 0 Å². The molecule has 0 aliphatic carbocycles. The molecule has 4 heteroatoms. The number of thioether (sulfide) groups is 2. The molecule has 0 aromatic heterocycles. The minimum absolute atomic E-state index is 0. The van der Waals surface area contributed by atoms with Crippen molar-refractivity contribution < 1.29 is 0 Å². The fourth-order valence-corrected chi connectivity index (χ4v) is 3.11. The third-order valence-electron chi connectivity index (χ3n) is 2.14. The van der Waals surface area contributed by atoms with Gasteiger partial charge in [-0.25, -0.2) is 0 Å². The first-order valence-corrected chi connectivity index (χ1v) is 7.24. The van der Waals surface area contributed by atoms with Crippen LogP contribution < -0.4 is 5.32 Å². The van der Waals surface area contributed by atoms with E-state index in [9.17, 15) is 0 Å². The van der Waals surface area contributed by atoms with Gasteiger partial charge < -0.3 is 5.32 Å². The van der Waals surface area contributed by atoms with Crippen LogP contribution in [-0.4, -0.2) is 35.6 Å². The SMILES string of the molecule is C=CCSCCNC1CCSCC1.Cl. The van der Waals surface area contributed by atoms with E-state index in [2.05, 4.69) is 23.7 Å². The molecule has 1 fully saturated rings. The standard InChI is InChI=1S/C10H19NS2.ClH/c1-2-6-12-9-5-11-10-3-7-13-8-4-10;/h2,10-11H,1,3-9H2;1H. The molecule has 1 aliphatic rings. The number of rotatable bonds is 6. The van der Waals surface area contributed by atoms with Crippen LogP contribution in [0.1, 0.15) is 12.8 Å². The van der Waals surface area contributed by atoms with Crippen molar-refractivity contribution in [2.75, 3.05) is 29.6 Å². The van der Waals surface area contributed by atoms with Crippen LogP contribution >= 0.6 is 35.9 Å². The lowest BCUT2D eigenvalue weighted by atomic mass is 10.1. The molecule has 0 atom stereocenters. The van der Waals surface area contributed by atoms with Gasteiger partial charge in [0.2, 0.25) is 0 Å². The topological polar surface area (TPSA) is 12.0 Å². The van der Waals surface area contributed by atoms with E-state index in [1.54, 1.807) is 0 Å². The molecule has 0 unspecified atom stereocenters. The Morgan fingerprint density at radius 3 is 2.79 bits per heavy atom. The van der Waals surface area contributed by atoms with Crippen LogP contribution in [0.25, 0.3) is 0 Å². The Hall–Kier alpha value is 0.690. The molecule has 0 radical (unpaired) electrons. The molecule has 1 nitrogen and oxygen atoms in total. The van der Waals surface area contributed by atoms with Crippen LogP contribution in [0.4, 0.5) is 0 Å². The molecular formula is C10H20ClNS2. The molecule has 14 heavy (non-hydrogen) atoms. The van der Waals surface area contributed by atoms with Crippen LogP contribution in [0.5, 0.6) is 0 Å². The Morgan fingerprint density at radius 1 is 1.43 bits per heavy atom. The number of nitrogens with one attached hydrogen (secondary N) is 1. The van der Waals surface area contributed by atoms with Crippen molar-refractivity contribution in [3.8, 4) is 0 Å². The van der Waals surface area contributed by atoms with Gasteiger partial charge in [-0.1, -0.05) is 6.08 Å². The van der Waals surface area contributed by atoms with E-state index in [1.807, 2.05) is 17.8 Å². The zero-order valence-corrected chi connectivity index (χ0v) is 11.0. The van der Waals surface area contributed by atoms with Crippen LogP contribution in [0.3, 0.4) is 0 Å². The second kappa shape index (κ2) is 10.2. The molecule has 1 rings (SSSR count). The molecule has 84 valence electrons. The summed E-state index contributed by atoms with van der Waals surface area (Å²) in [6.07, 6.45) is 4.69. The summed E-state index contributed by atoms with van der Waals surface area (Å²) >= 11 is 4.04. The molecule has 0 aromatic carbocycles. The molecule has 0 saturated carbocycles. The van der Waals surface area contributed by atoms with Crippen molar-refractivity contribution in [3.63, 3.8) is 0 Å². The first-order chi connectivity index (χ1) is 6.43. The average Bonchev–Trinajstić information content (AvgIpc) is 2.19. The molecule has 1 heterocycles. The zero-order valence-electron chi connectivity index (χ0n) is 8.54. The first kappa shape index (κ1) is 14.7. The van der Waals surface area contributed by atoms with Gasteiger partial charge in [0.05, 0.1) is 0 Å². The Labute approximate surface area is 102 Å². The fraction of sp³-hybridized carbons (Fsp3) is 0.800. The van der Waals surface area contributed by atoms with Crippen molar-refractivity contribution in [2.45, 2.75) is 18.9 Å². The molecule has 0 aromatic rings. The molecule has 0 spiro atoms. The van der Waals surface area contributed by atoms with Gasteiger partial charge in [-0.3, -0.25) is 0 Å². The highest BCUT2D eigenvalue weighted by molar-refractivity contribution is 7.99. The van der Waals surface area contributed by atoms with E-state index in [0.717, 1.165) is 18.3 Å². The van der Waals surface area contributed by atoms with Gasteiger partial charge in [-0.2, -0.15) is 23.5 Å². The fourth-order valence-electron chi connectivity index (χ4n) is 1.40. The van der Waals surface area contributed by atoms with Crippen molar-refractivity contribution in [3.05, 3.63) is 12.7 Å². The number of hydrogen-bond donors (Lipinski definition) is 1. The summed E-state index contributed by atoms with van der Waals surface area (Å²) in [5.41, 5.74) is 0. The smallest absolute Gasteiger partial charge is 0.0111 e. The highest BCUT2D eigenvalue weighted by Crippen LogP contribution is 2.16. The van der Waals surface area contributed by atoms with Gasteiger partial charge in [-0.15, -0.1) is 19.0 Å². The summed E-state index contributed by atoms with van der Waals surface area (Å²) in [4.78, 5) is 0. The number of hydrogen-bond acceptors (Lipinski definition) is 3. The maximum Gasteiger partial charge on any atom is 0.0111 e. The summed E-state index contributed by atoms with van der Waals surface area (Å²) < 4.78 is 0. The van der Waals surface area contributed by atoms with Gasteiger partial charge in [0, 0.05) is 24.1 Å². The van der Waals surface area contributed by atoms with E-state index in [4.69, 9.17) is 0 Å². The second-order valence-corrected chi connectivity index (χ2v) is 5.58. The Kier molecular flexibility index (Phi) is 10.7. The predicted molar refractivity (Wildman–Crippen MR) is 73.1 cm³/mol. The van der Waals surface area contributed by atoms with Crippen LogP contribution in [-0.2, 0) is 0 Å². The van der Waals surface area contributed by atoms with E-state index in [0.29, 0.717) is 0 Å². The summed E-state index contributed by atoms with van der Waals surface area (Å²) in [5, 5.41) is 3.61. The lowest BCUT2D eigenvalue weighted by Gasteiger charge is -2.22. The van der Waals surface area contributed by atoms with E-state index in [1.165, 1.54) is 30.1 Å². The van der Waals surface area contributed by atoms with Gasteiger partial charge >= 0.3 is 0 Å². The Morgan fingerprint density at radius 2 is 2.14 bits per heavy atom. The molecule has 0 amide bonds. The monoisotopic (exact) mass is 253 g/mol. The van der Waals surface area contributed by atoms with Gasteiger partial charge in [-0.05, 0) is 24.3 Å². The van der Waals surface area contributed by atoms with E-state index >= 15 is 0 Å². The second-order valence-electron chi connectivity index (χ2n) is 3.20. The summed E-state index contributed by atoms with van der Waals surface area (Å²) in [7, 11) is 0. The summed E-state index contributed by atoms with van der Waals surface area (Å²) in [6.45, 7) is 4.86. The molecule has 1 saturated heterocycles. The van der Waals surface area contributed by atoms with Crippen LogP contribution in [0.15, 0.2) is 12.7 Å². The third-order valence-corrected chi connectivity index (χ3v) is 4.15. The third kappa shape index (κ3) is 7.04. The lowest BCUT2D eigenvalue weighted by molar-refractivity contribution is 0.499. The highest BCUT2D eigenvalue weighted by atomic mass is 35.5. The first-order valence-electron chi connectivity index (χ1n) is 4.93. The minimum atomic E-state index is 0. The largest absolute Gasteiger partial charge is 0.313 e. The number of halogens is 1. The summed E-state index contributed by atoms with van der Waals surface area (Å²) in [5.74, 6) is 4.99. The van der Waals surface area contributed by atoms with Gasteiger partial charge in [0.1, 0.15) is 0 Å². The molecule has 1 N–H and O–H groups in total. The maximum atomic E-state index is 3.70.